The number of ether oxygens (including phenoxy) is 1. The van der Waals surface area contributed by atoms with Gasteiger partial charge in [0.05, 0.1) is 11.6 Å². The minimum absolute atomic E-state index is 0.118. The van der Waals surface area contributed by atoms with Crippen LogP contribution in [0.15, 0.2) is 48.5 Å². The van der Waals surface area contributed by atoms with Gasteiger partial charge in [-0.25, -0.2) is 4.39 Å². The second-order valence-corrected chi connectivity index (χ2v) is 4.80. The molecule has 0 aromatic heterocycles. The number of benzene rings is 2. The molecule has 0 radical (unpaired) electrons. The SMILES string of the molecule is CN(Cc1ccc(F)cc1)C(=O)COc1cccc(C#N)c1. The lowest BCUT2D eigenvalue weighted by Crippen LogP contribution is -2.30. The molecule has 0 atom stereocenters. The van der Waals surface area contributed by atoms with Crippen molar-refractivity contribution in [2.75, 3.05) is 13.7 Å². The van der Waals surface area contributed by atoms with Gasteiger partial charge in [0.1, 0.15) is 11.6 Å². The molecule has 0 aliphatic heterocycles. The summed E-state index contributed by atoms with van der Waals surface area (Å²) in [6.45, 7) is 0.257. The topological polar surface area (TPSA) is 53.3 Å². The smallest absolute Gasteiger partial charge is 0.260 e. The van der Waals surface area contributed by atoms with E-state index in [0.29, 0.717) is 17.9 Å². The maximum Gasteiger partial charge on any atom is 0.260 e. The molecule has 4 nitrogen and oxygen atoms in total. The Kier molecular flexibility index (Phi) is 5.10. The summed E-state index contributed by atoms with van der Waals surface area (Å²) in [5.41, 5.74) is 1.31. The van der Waals surface area contributed by atoms with E-state index in [2.05, 4.69) is 0 Å². The Hall–Kier alpha value is -2.87. The molecule has 0 unspecified atom stereocenters. The predicted molar refractivity (Wildman–Crippen MR) is 79.5 cm³/mol. The molecular formula is C17H15FN2O2. The first kappa shape index (κ1) is 15.5. The molecule has 0 aliphatic rings. The van der Waals surface area contributed by atoms with E-state index in [1.54, 1.807) is 43.4 Å². The van der Waals surface area contributed by atoms with Crippen LogP contribution in [0, 0.1) is 17.1 Å². The van der Waals surface area contributed by atoms with Gasteiger partial charge < -0.3 is 9.64 Å². The molecule has 5 heteroatoms. The molecule has 2 aromatic carbocycles. The Labute approximate surface area is 128 Å². The van der Waals surface area contributed by atoms with E-state index in [-0.39, 0.29) is 18.3 Å². The summed E-state index contributed by atoms with van der Waals surface area (Å²) in [5, 5.41) is 8.80. The van der Waals surface area contributed by atoms with Crippen LogP contribution in [0.1, 0.15) is 11.1 Å². The zero-order valence-corrected chi connectivity index (χ0v) is 12.1. The quantitative estimate of drug-likeness (QED) is 0.853. The summed E-state index contributed by atoms with van der Waals surface area (Å²) < 4.78 is 18.2. The third-order valence-electron chi connectivity index (χ3n) is 3.08. The van der Waals surface area contributed by atoms with E-state index in [1.807, 2.05) is 6.07 Å². The average Bonchev–Trinajstić information content (AvgIpc) is 2.54. The van der Waals surface area contributed by atoms with Crippen LogP contribution in [-0.4, -0.2) is 24.5 Å². The fourth-order valence-corrected chi connectivity index (χ4v) is 1.86. The van der Waals surface area contributed by atoms with Crippen molar-refractivity contribution in [3.8, 4) is 11.8 Å². The molecule has 0 saturated heterocycles. The van der Waals surface area contributed by atoms with Crippen LogP contribution in [0.4, 0.5) is 4.39 Å². The number of likely N-dealkylation sites (N-methyl/N-ethyl adjacent to an activating group) is 1. The monoisotopic (exact) mass is 298 g/mol. The van der Waals surface area contributed by atoms with Crippen molar-refractivity contribution < 1.29 is 13.9 Å². The van der Waals surface area contributed by atoms with Gasteiger partial charge in [-0.15, -0.1) is 0 Å². The normalized spacial score (nSPS) is 9.86. The van der Waals surface area contributed by atoms with Gasteiger partial charge in [-0.2, -0.15) is 5.26 Å². The number of halogens is 1. The van der Waals surface area contributed by atoms with Crippen molar-refractivity contribution in [1.82, 2.24) is 4.90 Å². The molecule has 112 valence electrons. The van der Waals surface area contributed by atoms with Crippen molar-refractivity contribution in [1.29, 1.82) is 5.26 Å². The van der Waals surface area contributed by atoms with Crippen LogP contribution in [0.25, 0.3) is 0 Å². The van der Waals surface area contributed by atoms with Crippen molar-refractivity contribution >= 4 is 5.91 Å². The van der Waals surface area contributed by atoms with Gasteiger partial charge in [0.15, 0.2) is 6.61 Å². The molecule has 0 aliphatic carbocycles. The number of amides is 1. The Morgan fingerprint density at radius 1 is 1.27 bits per heavy atom. The van der Waals surface area contributed by atoms with Crippen LogP contribution in [0.2, 0.25) is 0 Å². The lowest BCUT2D eigenvalue weighted by molar-refractivity contribution is -0.132. The maximum absolute atomic E-state index is 12.8. The van der Waals surface area contributed by atoms with Gasteiger partial charge in [0.2, 0.25) is 0 Å². The van der Waals surface area contributed by atoms with Gasteiger partial charge in [-0.05, 0) is 35.9 Å². The molecule has 0 fully saturated rings. The highest BCUT2D eigenvalue weighted by molar-refractivity contribution is 5.77. The first-order valence-corrected chi connectivity index (χ1v) is 6.70. The Morgan fingerprint density at radius 2 is 2.00 bits per heavy atom. The molecule has 2 rings (SSSR count). The molecular weight excluding hydrogens is 283 g/mol. The first-order valence-electron chi connectivity index (χ1n) is 6.70. The van der Waals surface area contributed by atoms with Crippen molar-refractivity contribution in [2.45, 2.75) is 6.54 Å². The standard InChI is InChI=1S/C17H15FN2O2/c1-20(11-13-5-7-15(18)8-6-13)17(21)12-22-16-4-2-3-14(9-16)10-19/h2-9H,11-12H2,1H3. The number of hydrogen-bond donors (Lipinski definition) is 0. The van der Waals surface area contributed by atoms with Crippen LogP contribution < -0.4 is 4.74 Å². The van der Waals surface area contributed by atoms with E-state index < -0.39 is 0 Å². The predicted octanol–water partition coefficient (Wildman–Crippen LogP) is 2.73. The number of carbonyl (C=O) groups is 1. The Bertz CT molecular complexity index is 693. The van der Waals surface area contributed by atoms with Crippen molar-refractivity contribution in [3.05, 3.63) is 65.5 Å². The van der Waals surface area contributed by atoms with Gasteiger partial charge in [-0.1, -0.05) is 18.2 Å². The van der Waals surface area contributed by atoms with Crippen LogP contribution in [0.5, 0.6) is 5.75 Å². The van der Waals surface area contributed by atoms with Crippen molar-refractivity contribution in [2.24, 2.45) is 0 Å². The fourth-order valence-electron chi connectivity index (χ4n) is 1.86. The van der Waals surface area contributed by atoms with Gasteiger partial charge in [-0.3, -0.25) is 4.79 Å². The van der Waals surface area contributed by atoms with Crippen molar-refractivity contribution in [3.63, 3.8) is 0 Å². The minimum Gasteiger partial charge on any atom is -0.484 e. The summed E-state index contributed by atoms with van der Waals surface area (Å²) in [6.07, 6.45) is 0. The van der Waals surface area contributed by atoms with E-state index in [0.717, 1.165) is 5.56 Å². The van der Waals surface area contributed by atoms with Crippen LogP contribution >= 0.6 is 0 Å². The summed E-state index contributed by atoms with van der Waals surface area (Å²) in [6, 6.07) is 14.6. The van der Waals surface area contributed by atoms with Gasteiger partial charge in [0, 0.05) is 13.6 Å². The highest BCUT2D eigenvalue weighted by Crippen LogP contribution is 2.13. The number of carbonyl (C=O) groups excluding carboxylic acids is 1. The summed E-state index contributed by atoms with van der Waals surface area (Å²) in [7, 11) is 1.65. The second kappa shape index (κ2) is 7.23. The van der Waals surface area contributed by atoms with Gasteiger partial charge in [0.25, 0.3) is 5.91 Å². The minimum atomic E-state index is -0.307. The van der Waals surface area contributed by atoms with Gasteiger partial charge >= 0.3 is 0 Å². The van der Waals surface area contributed by atoms with E-state index in [1.165, 1.54) is 17.0 Å². The highest BCUT2D eigenvalue weighted by Gasteiger charge is 2.10. The molecule has 2 aromatic rings. The third kappa shape index (κ3) is 4.32. The number of nitriles is 1. The number of rotatable bonds is 5. The third-order valence-corrected chi connectivity index (χ3v) is 3.08. The molecule has 22 heavy (non-hydrogen) atoms. The Morgan fingerprint density at radius 3 is 2.68 bits per heavy atom. The largest absolute Gasteiger partial charge is 0.484 e. The molecule has 1 amide bonds. The molecule has 0 bridgehead atoms. The summed E-state index contributed by atoms with van der Waals surface area (Å²) in [4.78, 5) is 13.5. The maximum atomic E-state index is 12.8. The summed E-state index contributed by atoms with van der Waals surface area (Å²) in [5.74, 6) is -0.0345. The van der Waals surface area contributed by atoms with Crippen LogP contribution in [-0.2, 0) is 11.3 Å². The molecule has 0 spiro atoms. The molecule has 0 N–H and O–H groups in total. The van der Waals surface area contributed by atoms with E-state index in [9.17, 15) is 9.18 Å². The first-order chi connectivity index (χ1) is 10.6. The van der Waals surface area contributed by atoms with Crippen LogP contribution in [0.3, 0.4) is 0 Å². The fraction of sp³-hybridized carbons (Fsp3) is 0.176. The Balaban J connectivity index is 1.88. The second-order valence-electron chi connectivity index (χ2n) is 4.80. The number of nitrogens with zero attached hydrogens (tertiary/aromatic N) is 2. The van der Waals surface area contributed by atoms with E-state index >= 15 is 0 Å². The number of hydrogen-bond acceptors (Lipinski definition) is 3. The zero-order valence-electron chi connectivity index (χ0n) is 12.1. The highest BCUT2D eigenvalue weighted by atomic mass is 19.1. The zero-order chi connectivity index (χ0) is 15.9. The molecule has 0 heterocycles. The molecule has 0 saturated carbocycles. The summed E-state index contributed by atoms with van der Waals surface area (Å²) >= 11 is 0. The lowest BCUT2D eigenvalue weighted by atomic mass is 10.2. The average molecular weight is 298 g/mol. The lowest BCUT2D eigenvalue weighted by Gasteiger charge is -2.17. The van der Waals surface area contributed by atoms with E-state index in [4.69, 9.17) is 10.00 Å².